The molecule has 3 aromatic rings. The number of hydrogen-bond acceptors (Lipinski definition) is 5. The van der Waals surface area contributed by atoms with Gasteiger partial charge in [-0.25, -0.2) is 8.42 Å². The Morgan fingerprint density at radius 1 is 0.968 bits per heavy atom. The maximum Gasteiger partial charge on any atom is 0.244 e. The predicted octanol–water partition coefficient (Wildman–Crippen LogP) is 4.77. The number of ether oxygens (including phenoxy) is 1. The van der Waals surface area contributed by atoms with Crippen LogP contribution in [0.4, 0.5) is 5.69 Å². The molecule has 1 aliphatic heterocycles. The highest BCUT2D eigenvalue weighted by Gasteiger charge is 2.36. The molecule has 1 saturated heterocycles. The maximum atomic E-state index is 13.3. The minimum absolute atomic E-state index is 0.213. The van der Waals surface area contributed by atoms with Crippen LogP contribution in [-0.4, -0.2) is 39.1 Å². The quantitative estimate of drug-likeness (QED) is 0.515. The number of sulfonamides is 1. The van der Waals surface area contributed by atoms with Gasteiger partial charge >= 0.3 is 0 Å². The normalized spacial score (nSPS) is 16.9. The van der Waals surface area contributed by atoms with Gasteiger partial charge in [0.15, 0.2) is 0 Å². The van der Waals surface area contributed by atoms with Crippen molar-refractivity contribution in [2.45, 2.75) is 16.9 Å². The average molecular weight is 455 g/mol. The first kappa shape index (κ1) is 21.7. The lowest BCUT2D eigenvalue weighted by Gasteiger charge is -2.24. The molecule has 0 bridgehead atoms. The summed E-state index contributed by atoms with van der Waals surface area (Å²) in [5.74, 6) is 1.42. The summed E-state index contributed by atoms with van der Waals surface area (Å²) in [6.45, 7) is 0.945. The lowest BCUT2D eigenvalue weighted by molar-refractivity contribution is 0.306. The van der Waals surface area contributed by atoms with E-state index in [4.69, 9.17) is 4.74 Å². The van der Waals surface area contributed by atoms with E-state index in [0.29, 0.717) is 18.9 Å². The van der Waals surface area contributed by atoms with Crippen molar-refractivity contribution < 1.29 is 13.2 Å². The van der Waals surface area contributed by atoms with Gasteiger partial charge in [0.2, 0.25) is 10.0 Å². The van der Waals surface area contributed by atoms with Crippen LogP contribution in [0, 0.1) is 0 Å². The van der Waals surface area contributed by atoms with Crippen molar-refractivity contribution in [2.75, 3.05) is 31.3 Å². The summed E-state index contributed by atoms with van der Waals surface area (Å²) in [7, 11) is 0.379. The molecule has 0 aromatic heterocycles. The van der Waals surface area contributed by atoms with Gasteiger partial charge in [-0.3, -0.25) is 0 Å². The molecule has 4 rings (SSSR count). The van der Waals surface area contributed by atoms with Crippen LogP contribution < -0.4 is 9.64 Å². The van der Waals surface area contributed by atoms with E-state index in [1.807, 2.05) is 73.6 Å². The van der Waals surface area contributed by atoms with Crippen molar-refractivity contribution in [3.8, 4) is 5.75 Å². The van der Waals surface area contributed by atoms with E-state index in [0.717, 1.165) is 22.6 Å². The molecule has 1 atom stereocenters. The molecular weight excluding hydrogens is 428 g/mol. The molecule has 5 nitrogen and oxygen atoms in total. The minimum Gasteiger partial charge on any atom is -0.489 e. The molecule has 1 fully saturated rings. The fourth-order valence-electron chi connectivity index (χ4n) is 3.48. The molecule has 0 spiro atoms. The average Bonchev–Trinajstić information content (AvgIpc) is 3.30. The zero-order valence-corrected chi connectivity index (χ0v) is 19.3. The number of thioether (sulfide) groups is 1. The number of rotatable bonds is 7. The van der Waals surface area contributed by atoms with Gasteiger partial charge < -0.3 is 9.64 Å². The van der Waals surface area contributed by atoms with Gasteiger partial charge in [0.05, 0.1) is 10.3 Å². The Bertz CT molecular complexity index is 1100. The third kappa shape index (κ3) is 4.89. The summed E-state index contributed by atoms with van der Waals surface area (Å²) in [4.78, 5) is 2.32. The largest absolute Gasteiger partial charge is 0.489 e. The van der Waals surface area contributed by atoms with Crippen molar-refractivity contribution in [2.24, 2.45) is 0 Å². The molecule has 3 aromatic carbocycles. The standard InChI is InChI=1S/C24H26N2O3S2/c1-25(2)21-10-8-20(9-11-21)24-26(16-17-30-24)31(27,28)23-14-12-22(13-15-23)29-18-19-6-4-3-5-7-19/h3-15,24H,16-18H2,1-2H3. The van der Waals surface area contributed by atoms with Crippen molar-refractivity contribution in [1.82, 2.24) is 4.31 Å². The predicted molar refractivity (Wildman–Crippen MR) is 127 cm³/mol. The van der Waals surface area contributed by atoms with Crippen LogP contribution in [0.3, 0.4) is 0 Å². The van der Waals surface area contributed by atoms with Gasteiger partial charge in [0.1, 0.15) is 12.4 Å². The minimum atomic E-state index is -3.60. The fourth-order valence-corrected chi connectivity index (χ4v) is 6.73. The highest BCUT2D eigenvalue weighted by atomic mass is 32.2. The monoisotopic (exact) mass is 454 g/mol. The van der Waals surface area contributed by atoms with Crippen molar-refractivity contribution in [1.29, 1.82) is 0 Å². The number of hydrogen-bond donors (Lipinski definition) is 0. The maximum absolute atomic E-state index is 13.3. The van der Waals surface area contributed by atoms with E-state index in [9.17, 15) is 8.42 Å². The van der Waals surface area contributed by atoms with E-state index in [1.165, 1.54) is 0 Å². The highest BCUT2D eigenvalue weighted by molar-refractivity contribution is 8.01. The van der Waals surface area contributed by atoms with Crippen LogP contribution in [0.25, 0.3) is 0 Å². The summed E-state index contributed by atoms with van der Waals surface area (Å²) in [5, 5.41) is -0.213. The van der Waals surface area contributed by atoms with Gasteiger partial charge in [-0.1, -0.05) is 42.5 Å². The lowest BCUT2D eigenvalue weighted by Crippen LogP contribution is -2.30. The van der Waals surface area contributed by atoms with Gasteiger partial charge in [0, 0.05) is 32.1 Å². The Morgan fingerprint density at radius 2 is 1.65 bits per heavy atom. The highest BCUT2D eigenvalue weighted by Crippen LogP contribution is 2.41. The second-order valence-electron chi connectivity index (χ2n) is 7.57. The Balaban J connectivity index is 1.49. The number of anilines is 1. The van der Waals surface area contributed by atoms with Crippen LogP contribution in [0.2, 0.25) is 0 Å². The molecule has 1 heterocycles. The summed E-state index contributed by atoms with van der Waals surface area (Å²) in [6, 6.07) is 24.7. The summed E-state index contributed by atoms with van der Waals surface area (Å²) in [6.07, 6.45) is 0. The number of nitrogens with zero attached hydrogens (tertiary/aromatic N) is 2. The first-order chi connectivity index (χ1) is 14.9. The zero-order chi connectivity index (χ0) is 21.8. The van der Waals surface area contributed by atoms with E-state index < -0.39 is 10.0 Å². The third-order valence-corrected chi connectivity index (χ3v) is 8.50. The third-order valence-electron chi connectivity index (χ3n) is 5.22. The lowest BCUT2D eigenvalue weighted by atomic mass is 10.2. The van der Waals surface area contributed by atoms with E-state index in [2.05, 4.69) is 0 Å². The first-order valence-corrected chi connectivity index (χ1v) is 12.6. The van der Waals surface area contributed by atoms with E-state index in [-0.39, 0.29) is 10.3 Å². The van der Waals surface area contributed by atoms with Gasteiger partial charge in [-0.2, -0.15) is 4.31 Å². The van der Waals surface area contributed by atoms with E-state index >= 15 is 0 Å². The molecule has 0 amide bonds. The van der Waals surface area contributed by atoms with Crippen LogP contribution in [-0.2, 0) is 16.6 Å². The molecular formula is C24H26N2O3S2. The van der Waals surface area contributed by atoms with Gasteiger partial charge in [-0.15, -0.1) is 11.8 Å². The molecule has 0 saturated carbocycles. The van der Waals surface area contributed by atoms with E-state index in [1.54, 1.807) is 40.3 Å². The Kier molecular flexibility index (Phi) is 6.55. The summed E-state index contributed by atoms with van der Waals surface area (Å²) in [5.41, 5.74) is 3.16. The topological polar surface area (TPSA) is 49.9 Å². The number of benzene rings is 3. The fraction of sp³-hybridized carbons (Fsp3) is 0.250. The van der Waals surface area contributed by atoms with Crippen LogP contribution in [0.5, 0.6) is 5.75 Å². The SMILES string of the molecule is CN(C)c1ccc(C2SCCN2S(=O)(=O)c2ccc(OCc3ccccc3)cc2)cc1. The molecule has 0 aliphatic carbocycles. The van der Waals surface area contributed by atoms with Crippen molar-refractivity contribution in [3.05, 3.63) is 90.0 Å². The van der Waals surface area contributed by atoms with Crippen molar-refractivity contribution >= 4 is 27.5 Å². The zero-order valence-electron chi connectivity index (χ0n) is 17.6. The second-order valence-corrected chi connectivity index (χ2v) is 10.6. The first-order valence-electron chi connectivity index (χ1n) is 10.1. The van der Waals surface area contributed by atoms with Crippen molar-refractivity contribution in [3.63, 3.8) is 0 Å². The molecule has 1 aliphatic rings. The van der Waals surface area contributed by atoms with Gasteiger partial charge in [-0.05, 0) is 47.5 Å². The molecule has 7 heteroatoms. The Morgan fingerprint density at radius 3 is 2.29 bits per heavy atom. The molecule has 0 N–H and O–H groups in total. The smallest absolute Gasteiger partial charge is 0.244 e. The molecule has 1 unspecified atom stereocenters. The Labute approximate surface area is 188 Å². The summed E-state index contributed by atoms with van der Waals surface area (Å²) < 4.78 is 34.1. The molecule has 162 valence electrons. The van der Waals surface area contributed by atoms with Gasteiger partial charge in [0.25, 0.3) is 0 Å². The Hall–Kier alpha value is -2.48. The van der Waals surface area contributed by atoms with Crippen LogP contribution >= 0.6 is 11.8 Å². The molecule has 31 heavy (non-hydrogen) atoms. The summed E-state index contributed by atoms with van der Waals surface area (Å²) >= 11 is 1.66. The second kappa shape index (κ2) is 9.34. The van der Waals surface area contributed by atoms with Crippen LogP contribution in [0.15, 0.2) is 83.8 Å². The van der Waals surface area contributed by atoms with Crippen LogP contribution in [0.1, 0.15) is 16.5 Å². The molecule has 0 radical (unpaired) electrons.